The third-order valence-electron chi connectivity index (χ3n) is 3.27. The molecule has 0 saturated heterocycles. The van der Waals surface area contributed by atoms with Gasteiger partial charge in [-0.05, 0) is 42.5 Å². The molecule has 1 heterocycles. The first-order valence-electron chi connectivity index (χ1n) is 6.73. The highest BCUT2D eigenvalue weighted by molar-refractivity contribution is 5.84. The maximum Gasteiger partial charge on any atom is 0.149 e. The molecule has 0 radical (unpaired) electrons. The lowest BCUT2D eigenvalue weighted by atomic mass is 10.1. The van der Waals surface area contributed by atoms with Crippen molar-refractivity contribution in [3.05, 3.63) is 70.3 Å². The van der Waals surface area contributed by atoms with E-state index in [1.807, 2.05) is 36.4 Å². The Kier molecular flexibility index (Phi) is 3.72. The van der Waals surface area contributed by atoms with Gasteiger partial charge in [-0.15, -0.1) is 0 Å². The van der Waals surface area contributed by atoms with Crippen LogP contribution in [0.15, 0.2) is 48.0 Å². The van der Waals surface area contributed by atoms with Crippen molar-refractivity contribution in [3.8, 4) is 23.7 Å². The number of rotatable bonds is 1. The van der Waals surface area contributed by atoms with E-state index in [4.69, 9.17) is 10.00 Å². The fourth-order valence-electron chi connectivity index (χ4n) is 2.10. The van der Waals surface area contributed by atoms with Crippen molar-refractivity contribution in [2.75, 3.05) is 6.61 Å². The Balaban J connectivity index is 1.86. The molecule has 3 rings (SSSR count). The topological polar surface area (TPSA) is 50.1 Å². The first kappa shape index (κ1) is 13.7. The van der Waals surface area contributed by atoms with Crippen LogP contribution in [0.25, 0.3) is 6.08 Å². The van der Waals surface area contributed by atoms with Crippen LogP contribution < -0.4 is 4.74 Å². The molecule has 22 heavy (non-hydrogen) atoms. The van der Waals surface area contributed by atoms with Crippen molar-refractivity contribution in [1.82, 2.24) is 0 Å². The summed E-state index contributed by atoms with van der Waals surface area (Å²) in [7, 11) is 0. The monoisotopic (exact) mass is 285 g/mol. The van der Waals surface area contributed by atoms with Crippen molar-refractivity contribution in [1.29, 1.82) is 5.26 Å². The van der Waals surface area contributed by atoms with Crippen LogP contribution >= 0.6 is 0 Å². The minimum atomic E-state index is 0.295. The fourth-order valence-corrected chi connectivity index (χ4v) is 2.10. The Bertz CT molecular complexity index is 859. The normalized spacial score (nSPS) is 11.9. The summed E-state index contributed by atoms with van der Waals surface area (Å²) in [5.74, 6) is 6.86. The van der Waals surface area contributed by atoms with Gasteiger partial charge in [0.2, 0.25) is 0 Å². The molecule has 2 aromatic carbocycles. The van der Waals surface area contributed by atoms with E-state index in [1.165, 1.54) is 0 Å². The van der Waals surface area contributed by atoms with Crippen molar-refractivity contribution in [2.45, 2.75) is 0 Å². The molecule has 0 aromatic heterocycles. The van der Waals surface area contributed by atoms with Gasteiger partial charge >= 0.3 is 0 Å². The third kappa shape index (κ3) is 2.90. The number of benzene rings is 2. The van der Waals surface area contributed by atoms with Crippen LogP contribution in [0.4, 0.5) is 0 Å². The molecule has 3 heteroatoms. The molecular weight excluding hydrogens is 274 g/mol. The lowest BCUT2D eigenvalue weighted by Gasteiger charge is -2.14. The Morgan fingerprint density at radius 2 is 1.68 bits per heavy atom. The van der Waals surface area contributed by atoms with Crippen molar-refractivity contribution in [3.63, 3.8) is 0 Å². The predicted octanol–water partition coefficient (Wildman–Crippen LogP) is 2.93. The first-order valence-corrected chi connectivity index (χ1v) is 6.73. The molecule has 3 nitrogen and oxygen atoms in total. The Morgan fingerprint density at radius 3 is 2.41 bits per heavy atom. The summed E-state index contributed by atoms with van der Waals surface area (Å²) in [6.45, 7) is 0.295. The van der Waals surface area contributed by atoms with Crippen LogP contribution in [0, 0.1) is 23.2 Å². The van der Waals surface area contributed by atoms with Gasteiger partial charge in [-0.1, -0.05) is 17.9 Å². The van der Waals surface area contributed by atoms with Crippen molar-refractivity contribution in [2.24, 2.45) is 0 Å². The molecule has 1 aliphatic rings. The highest BCUT2D eigenvalue weighted by atomic mass is 16.5. The molecule has 0 bridgehead atoms. The van der Waals surface area contributed by atoms with Gasteiger partial charge in [0.25, 0.3) is 0 Å². The van der Waals surface area contributed by atoms with Gasteiger partial charge in [-0.25, -0.2) is 0 Å². The second kappa shape index (κ2) is 5.99. The number of hydrogen-bond donors (Lipinski definition) is 0. The first-order chi connectivity index (χ1) is 10.8. The summed E-state index contributed by atoms with van der Waals surface area (Å²) < 4.78 is 5.55. The summed E-state index contributed by atoms with van der Waals surface area (Å²) in [6, 6.07) is 14.8. The van der Waals surface area contributed by atoms with Crippen LogP contribution in [0.2, 0.25) is 0 Å². The number of hydrogen-bond acceptors (Lipinski definition) is 3. The number of carbonyl (C=O) groups is 1. The predicted molar refractivity (Wildman–Crippen MR) is 83.1 cm³/mol. The molecule has 0 spiro atoms. The molecule has 104 valence electrons. The highest BCUT2D eigenvalue weighted by Crippen LogP contribution is 2.26. The zero-order valence-corrected chi connectivity index (χ0v) is 11.7. The van der Waals surface area contributed by atoms with Gasteiger partial charge in [-0.2, -0.15) is 5.26 Å². The van der Waals surface area contributed by atoms with Gasteiger partial charge < -0.3 is 4.74 Å². The van der Waals surface area contributed by atoms with Gasteiger partial charge in [0.05, 0.1) is 11.6 Å². The molecule has 0 atom stereocenters. The van der Waals surface area contributed by atoms with Crippen molar-refractivity contribution < 1.29 is 9.53 Å². The summed E-state index contributed by atoms with van der Waals surface area (Å²) >= 11 is 0. The average Bonchev–Trinajstić information content (AvgIpc) is 2.59. The van der Waals surface area contributed by atoms with E-state index in [-0.39, 0.29) is 0 Å². The van der Waals surface area contributed by atoms with Crippen LogP contribution in [0.1, 0.15) is 22.3 Å². The lowest BCUT2D eigenvalue weighted by molar-refractivity contribution is -0.105. The number of ether oxygens (including phenoxy) is 1. The number of carbonyl (C=O) groups excluding carboxylic acids is 1. The SMILES string of the molecule is N#Cc1ccc(C#Cc2ccc3c(c2)OCC(C=O)=C3)cc1. The highest BCUT2D eigenvalue weighted by Gasteiger charge is 2.10. The standard InChI is InChI=1S/C19H11NO2/c20-11-16-5-2-14(3-6-16)1-4-15-7-8-18-9-17(12-21)13-22-19(18)10-15/h2-3,5-10,12H,13H2. The van der Waals surface area contributed by atoms with Gasteiger partial charge in [0.1, 0.15) is 18.6 Å². The minimum Gasteiger partial charge on any atom is -0.488 e. The number of nitriles is 1. The van der Waals surface area contributed by atoms with E-state index in [2.05, 4.69) is 17.9 Å². The molecule has 2 aromatic rings. The number of aldehydes is 1. The molecule has 0 unspecified atom stereocenters. The number of fused-ring (bicyclic) bond motifs is 1. The van der Waals surface area contributed by atoms with Crippen LogP contribution in [-0.2, 0) is 4.79 Å². The lowest BCUT2D eigenvalue weighted by Crippen LogP contribution is -2.08. The fraction of sp³-hybridized carbons (Fsp3) is 0.0526. The van der Waals surface area contributed by atoms with Crippen LogP contribution in [0.3, 0.4) is 0 Å². The minimum absolute atomic E-state index is 0.295. The largest absolute Gasteiger partial charge is 0.488 e. The second-order valence-corrected chi connectivity index (χ2v) is 4.82. The summed E-state index contributed by atoms with van der Waals surface area (Å²) in [4.78, 5) is 10.8. The van der Waals surface area contributed by atoms with Gasteiger partial charge in [0, 0.05) is 22.3 Å². The van der Waals surface area contributed by atoms with E-state index < -0.39 is 0 Å². The zero-order valence-electron chi connectivity index (χ0n) is 11.7. The van der Waals surface area contributed by atoms with E-state index in [0.717, 1.165) is 28.7 Å². The maximum absolute atomic E-state index is 10.8. The molecule has 0 saturated carbocycles. The van der Waals surface area contributed by atoms with Crippen molar-refractivity contribution >= 4 is 12.4 Å². The van der Waals surface area contributed by atoms with Crippen LogP contribution in [-0.4, -0.2) is 12.9 Å². The van der Waals surface area contributed by atoms with Crippen LogP contribution in [0.5, 0.6) is 5.75 Å². The summed E-state index contributed by atoms with van der Waals surface area (Å²) in [5.41, 5.74) is 3.82. The third-order valence-corrected chi connectivity index (χ3v) is 3.27. The molecule has 1 aliphatic heterocycles. The zero-order chi connectivity index (χ0) is 15.4. The molecule has 0 amide bonds. The van der Waals surface area contributed by atoms with E-state index in [1.54, 1.807) is 12.1 Å². The van der Waals surface area contributed by atoms with E-state index >= 15 is 0 Å². The average molecular weight is 285 g/mol. The van der Waals surface area contributed by atoms with Gasteiger partial charge in [-0.3, -0.25) is 4.79 Å². The molecule has 0 fully saturated rings. The van der Waals surface area contributed by atoms with E-state index in [9.17, 15) is 4.79 Å². The second-order valence-electron chi connectivity index (χ2n) is 4.82. The smallest absolute Gasteiger partial charge is 0.149 e. The quantitative estimate of drug-likeness (QED) is 0.598. The van der Waals surface area contributed by atoms with E-state index in [0.29, 0.717) is 17.7 Å². The Labute approximate surface area is 128 Å². The molecular formula is C19H11NO2. The molecule has 0 N–H and O–H groups in total. The maximum atomic E-state index is 10.8. The Hall–Kier alpha value is -3.30. The summed E-state index contributed by atoms with van der Waals surface area (Å²) in [6.07, 6.45) is 2.63. The van der Waals surface area contributed by atoms with Gasteiger partial charge in [0.15, 0.2) is 0 Å². The summed E-state index contributed by atoms with van der Waals surface area (Å²) in [5, 5.41) is 8.76. The molecule has 0 aliphatic carbocycles. The number of nitrogens with zero attached hydrogens (tertiary/aromatic N) is 1. The Morgan fingerprint density at radius 1 is 1.00 bits per heavy atom.